The molecule has 4 heteroatoms. The van der Waals surface area contributed by atoms with E-state index in [0.717, 1.165) is 23.2 Å². The summed E-state index contributed by atoms with van der Waals surface area (Å²) in [6, 6.07) is 19.0. The summed E-state index contributed by atoms with van der Waals surface area (Å²) in [6.45, 7) is 2.88. The number of rotatable bonds is 8. The predicted octanol–water partition coefficient (Wildman–Crippen LogP) is 7.44. The summed E-state index contributed by atoms with van der Waals surface area (Å²) >= 11 is 3.25. The van der Waals surface area contributed by atoms with Crippen molar-refractivity contribution in [3.8, 4) is 0 Å². The van der Waals surface area contributed by atoms with Gasteiger partial charge in [-0.1, -0.05) is 67.3 Å². The summed E-state index contributed by atoms with van der Waals surface area (Å²) in [5.41, 5.74) is 2.59. The molecule has 1 fully saturated rings. The molecule has 2 aromatic carbocycles. The van der Waals surface area contributed by atoms with Crippen LogP contribution in [0.25, 0.3) is 0 Å². The highest BCUT2D eigenvalue weighted by molar-refractivity contribution is 8.01. The smallest absolute Gasteiger partial charge is 0.221 e. The predicted molar refractivity (Wildman–Crippen MR) is 124 cm³/mol. The van der Waals surface area contributed by atoms with E-state index in [4.69, 9.17) is 4.74 Å². The van der Waals surface area contributed by atoms with E-state index in [1.54, 1.807) is 11.8 Å². The Morgan fingerprint density at radius 2 is 1.79 bits per heavy atom. The fraction of sp³-hybridized carbons (Fsp3) is 0.375. The lowest BCUT2D eigenvalue weighted by Crippen LogP contribution is -2.15. The average Bonchev–Trinajstić information content (AvgIpc) is 2.75. The Kier molecular flexibility index (Phi) is 9.05. The SMILES string of the molecule is Cc1ccc(S/N=C(/C=C/SCc2ccccc2)OCC2CCCCC2)cc1. The standard InChI is InChI=1S/C24H29NOS2/c1-20-12-14-23(15-13-20)28-25-24(26-18-21-8-4-2-5-9-21)16-17-27-19-22-10-6-3-7-11-22/h3,6-7,10-17,21H,2,4-5,8-9,18-19H2,1H3/b17-16+,25-24-. The van der Waals surface area contributed by atoms with Crippen molar-refractivity contribution in [2.45, 2.75) is 49.7 Å². The number of hydrogen-bond donors (Lipinski definition) is 0. The van der Waals surface area contributed by atoms with Gasteiger partial charge in [-0.25, -0.2) is 0 Å². The topological polar surface area (TPSA) is 21.6 Å². The lowest BCUT2D eigenvalue weighted by Gasteiger charge is -2.21. The van der Waals surface area contributed by atoms with E-state index in [1.165, 1.54) is 55.2 Å². The van der Waals surface area contributed by atoms with Gasteiger partial charge in [0.05, 0.1) is 6.61 Å². The number of benzene rings is 2. The third-order valence-corrected chi connectivity index (χ3v) is 6.44. The quantitative estimate of drug-likeness (QED) is 0.256. The molecule has 2 nitrogen and oxygen atoms in total. The maximum absolute atomic E-state index is 6.11. The molecule has 0 heterocycles. The highest BCUT2D eigenvalue weighted by Crippen LogP contribution is 2.25. The molecular formula is C24H29NOS2. The molecule has 0 aromatic heterocycles. The van der Waals surface area contributed by atoms with Crippen molar-refractivity contribution in [3.05, 3.63) is 77.2 Å². The van der Waals surface area contributed by atoms with E-state index in [-0.39, 0.29) is 0 Å². The Bertz CT molecular complexity index is 750. The van der Waals surface area contributed by atoms with Crippen LogP contribution in [0.4, 0.5) is 0 Å². The summed E-state index contributed by atoms with van der Waals surface area (Å²) in [5, 5.41) is 2.10. The molecule has 3 rings (SSSR count). The molecule has 0 aliphatic heterocycles. The number of nitrogens with zero attached hydrogens (tertiary/aromatic N) is 1. The van der Waals surface area contributed by atoms with Crippen molar-refractivity contribution in [1.29, 1.82) is 0 Å². The first kappa shape index (κ1) is 21.1. The summed E-state index contributed by atoms with van der Waals surface area (Å²) in [4.78, 5) is 1.13. The van der Waals surface area contributed by atoms with Gasteiger partial charge >= 0.3 is 0 Å². The molecule has 1 aliphatic rings. The van der Waals surface area contributed by atoms with Crippen LogP contribution in [0.3, 0.4) is 0 Å². The Hall–Kier alpha value is -1.65. The van der Waals surface area contributed by atoms with E-state index in [0.29, 0.717) is 5.92 Å². The fourth-order valence-electron chi connectivity index (χ4n) is 3.18. The van der Waals surface area contributed by atoms with Crippen LogP contribution in [0.15, 0.2) is 75.4 Å². The second kappa shape index (κ2) is 12.0. The lowest BCUT2D eigenvalue weighted by atomic mass is 9.90. The molecular weight excluding hydrogens is 382 g/mol. The average molecular weight is 412 g/mol. The van der Waals surface area contributed by atoms with Crippen molar-refractivity contribution in [2.24, 2.45) is 10.3 Å². The van der Waals surface area contributed by atoms with Gasteiger partial charge in [-0.2, -0.15) is 4.40 Å². The van der Waals surface area contributed by atoms with E-state index < -0.39 is 0 Å². The first-order chi connectivity index (χ1) is 13.8. The lowest BCUT2D eigenvalue weighted by molar-refractivity contribution is 0.201. The second-order valence-electron chi connectivity index (χ2n) is 7.25. The molecule has 28 heavy (non-hydrogen) atoms. The van der Waals surface area contributed by atoms with Gasteiger partial charge in [0.15, 0.2) is 0 Å². The molecule has 0 spiro atoms. The number of aryl methyl sites for hydroxylation is 1. The summed E-state index contributed by atoms with van der Waals surface area (Å²) < 4.78 is 10.8. The van der Waals surface area contributed by atoms with Crippen LogP contribution in [0.1, 0.15) is 43.2 Å². The first-order valence-electron chi connectivity index (χ1n) is 10.1. The number of thioether (sulfide) groups is 1. The Balaban J connectivity index is 1.56. The van der Waals surface area contributed by atoms with Crippen LogP contribution in [-0.4, -0.2) is 12.5 Å². The van der Waals surface area contributed by atoms with Gasteiger partial charge in [-0.3, -0.25) is 0 Å². The maximum atomic E-state index is 6.11. The van der Waals surface area contributed by atoms with Gasteiger partial charge in [0, 0.05) is 28.7 Å². The third-order valence-electron chi connectivity index (χ3n) is 4.85. The zero-order valence-electron chi connectivity index (χ0n) is 16.5. The van der Waals surface area contributed by atoms with Crippen LogP contribution in [-0.2, 0) is 10.5 Å². The van der Waals surface area contributed by atoms with Crippen molar-refractivity contribution in [1.82, 2.24) is 0 Å². The van der Waals surface area contributed by atoms with E-state index in [2.05, 4.69) is 71.3 Å². The molecule has 148 valence electrons. The summed E-state index contributed by atoms with van der Waals surface area (Å²) in [5.74, 6) is 2.35. The van der Waals surface area contributed by atoms with Crippen molar-refractivity contribution in [2.75, 3.05) is 6.61 Å². The fourth-order valence-corrected chi connectivity index (χ4v) is 4.44. The monoisotopic (exact) mass is 411 g/mol. The van der Waals surface area contributed by atoms with Gasteiger partial charge in [0.25, 0.3) is 0 Å². The second-order valence-corrected chi connectivity index (χ2v) is 8.98. The van der Waals surface area contributed by atoms with Gasteiger partial charge in [0.1, 0.15) is 0 Å². The van der Waals surface area contributed by atoms with Gasteiger partial charge in [0.2, 0.25) is 5.90 Å². The van der Waals surface area contributed by atoms with Crippen LogP contribution < -0.4 is 0 Å². The van der Waals surface area contributed by atoms with Crippen LogP contribution in [0.2, 0.25) is 0 Å². The Morgan fingerprint density at radius 1 is 1.04 bits per heavy atom. The molecule has 1 saturated carbocycles. The van der Waals surface area contributed by atoms with E-state index in [1.807, 2.05) is 6.08 Å². The maximum Gasteiger partial charge on any atom is 0.221 e. The zero-order chi connectivity index (χ0) is 19.4. The highest BCUT2D eigenvalue weighted by atomic mass is 32.2. The van der Waals surface area contributed by atoms with Crippen LogP contribution in [0, 0.1) is 12.8 Å². The normalized spacial score (nSPS) is 15.8. The molecule has 0 radical (unpaired) electrons. The summed E-state index contributed by atoms with van der Waals surface area (Å²) in [6.07, 6.45) is 8.62. The van der Waals surface area contributed by atoms with Crippen LogP contribution in [0.5, 0.6) is 0 Å². The van der Waals surface area contributed by atoms with Crippen molar-refractivity contribution < 1.29 is 4.74 Å². The first-order valence-corrected chi connectivity index (χ1v) is 11.9. The Labute approximate surface area is 178 Å². The molecule has 2 aromatic rings. The molecule has 0 atom stereocenters. The highest BCUT2D eigenvalue weighted by Gasteiger charge is 2.14. The van der Waals surface area contributed by atoms with Gasteiger partial charge in [-0.05, 0) is 48.8 Å². The minimum absolute atomic E-state index is 0.675. The molecule has 1 aliphatic carbocycles. The molecule has 0 bridgehead atoms. The van der Waals surface area contributed by atoms with E-state index in [9.17, 15) is 0 Å². The number of hydrogen-bond acceptors (Lipinski definition) is 4. The minimum atomic E-state index is 0.675. The Morgan fingerprint density at radius 3 is 2.54 bits per heavy atom. The van der Waals surface area contributed by atoms with Crippen LogP contribution >= 0.6 is 23.7 Å². The molecule has 0 N–H and O–H groups in total. The molecule has 0 saturated heterocycles. The van der Waals surface area contributed by atoms with Gasteiger partial charge in [-0.15, -0.1) is 11.8 Å². The molecule has 0 unspecified atom stereocenters. The minimum Gasteiger partial charge on any atom is -0.477 e. The van der Waals surface area contributed by atoms with E-state index >= 15 is 0 Å². The van der Waals surface area contributed by atoms with Crippen molar-refractivity contribution in [3.63, 3.8) is 0 Å². The third kappa shape index (κ3) is 7.76. The van der Waals surface area contributed by atoms with Gasteiger partial charge < -0.3 is 4.74 Å². The summed E-state index contributed by atoms with van der Waals surface area (Å²) in [7, 11) is 0. The largest absolute Gasteiger partial charge is 0.477 e. The number of ether oxygens (including phenoxy) is 1. The molecule has 0 amide bonds. The zero-order valence-corrected chi connectivity index (χ0v) is 18.2. The van der Waals surface area contributed by atoms with Crippen molar-refractivity contribution >= 4 is 29.6 Å².